The molecule has 3 rings (SSSR count). The predicted molar refractivity (Wildman–Crippen MR) is 101 cm³/mol. The Morgan fingerprint density at radius 3 is 2.04 bits per heavy atom. The molecule has 0 radical (unpaired) electrons. The summed E-state index contributed by atoms with van der Waals surface area (Å²) in [5.41, 5.74) is 4.59. The third-order valence-electron chi connectivity index (χ3n) is 3.60. The van der Waals surface area contributed by atoms with E-state index in [1.165, 1.54) is 0 Å². The van der Waals surface area contributed by atoms with Crippen LogP contribution in [0.2, 0.25) is 0 Å². The number of pyridine rings is 1. The molecule has 2 aromatic carbocycles. The van der Waals surface area contributed by atoms with Crippen LogP contribution in [0.1, 0.15) is 19.4 Å². The summed E-state index contributed by atoms with van der Waals surface area (Å²) in [5, 5.41) is 10.9. The number of rotatable bonds is 4. The second-order valence-corrected chi connectivity index (χ2v) is 7.31. The van der Waals surface area contributed by atoms with Crippen LogP contribution in [0, 0.1) is 11.3 Å². The minimum Gasteiger partial charge on any atom is -0.240 e. The first-order valence-electron chi connectivity index (χ1n) is 7.91. The Labute approximate surface area is 147 Å². The number of nitrogens with zero attached hydrogens (tertiary/aromatic N) is 2. The van der Waals surface area contributed by atoms with E-state index >= 15 is 0 Å². The lowest BCUT2D eigenvalue weighted by atomic mass is 9.99. The van der Waals surface area contributed by atoms with Crippen molar-refractivity contribution in [2.75, 3.05) is 0 Å². The normalized spacial score (nSPS) is 10.6. The smallest absolute Gasteiger partial charge is 0.115 e. The van der Waals surface area contributed by atoms with E-state index in [1.54, 1.807) is 11.8 Å². The van der Waals surface area contributed by atoms with Crippen LogP contribution in [-0.2, 0) is 0 Å². The van der Waals surface area contributed by atoms with Crippen molar-refractivity contribution in [3.63, 3.8) is 0 Å². The van der Waals surface area contributed by atoms with Gasteiger partial charge >= 0.3 is 0 Å². The zero-order valence-corrected chi connectivity index (χ0v) is 14.5. The Morgan fingerprint density at radius 1 is 0.917 bits per heavy atom. The minimum absolute atomic E-state index is 0.360. The largest absolute Gasteiger partial charge is 0.240 e. The predicted octanol–water partition coefficient (Wildman–Crippen LogP) is 5.79. The maximum absolute atomic E-state index is 9.73. The van der Waals surface area contributed by atoms with Gasteiger partial charge in [0.2, 0.25) is 0 Å². The molecule has 0 N–H and O–H groups in total. The molecule has 0 atom stereocenters. The van der Waals surface area contributed by atoms with Gasteiger partial charge in [-0.25, -0.2) is 4.98 Å². The van der Waals surface area contributed by atoms with Crippen molar-refractivity contribution in [2.45, 2.75) is 24.1 Å². The van der Waals surface area contributed by atoms with E-state index in [0.29, 0.717) is 10.8 Å². The molecule has 0 aliphatic carbocycles. The molecule has 3 aromatic rings. The van der Waals surface area contributed by atoms with Crippen molar-refractivity contribution < 1.29 is 0 Å². The molecule has 0 unspecified atom stereocenters. The molecule has 0 saturated carbocycles. The first-order chi connectivity index (χ1) is 11.7. The zero-order valence-electron chi connectivity index (χ0n) is 13.7. The van der Waals surface area contributed by atoms with Crippen LogP contribution in [0.4, 0.5) is 0 Å². The molecule has 0 aliphatic rings. The maximum Gasteiger partial charge on any atom is 0.115 e. The van der Waals surface area contributed by atoms with Crippen molar-refractivity contribution in [2.24, 2.45) is 0 Å². The standard InChI is InChI=1S/C21H18N2S/c1-15(2)24-21-19(14-22)18(16-9-5-3-6-10-16)13-20(23-21)17-11-7-4-8-12-17/h3-13,15H,1-2H3. The van der Waals surface area contributed by atoms with E-state index in [-0.39, 0.29) is 0 Å². The van der Waals surface area contributed by atoms with Gasteiger partial charge in [0.15, 0.2) is 0 Å². The Morgan fingerprint density at radius 2 is 1.50 bits per heavy atom. The monoisotopic (exact) mass is 330 g/mol. The summed E-state index contributed by atoms with van der Waals surface area (Å²) in [7, 11) is 0. The third kappa shape index (κ3) is 3.50. The average Bonchev–Trinajstić information content (AvgIpc) is 2.62. The Hall–Kier alpha value is -2.57. The molecular formula is C21H18N2S. The number of benzene rings is 2. The Bertz CT molecular complexity index is 866. The summed E-state index contributed by atoms with van der Waals surface area (Å²) in [5.74, 6) is 0. The van der Waals surface area contributed by atoms with E-state index in [0.717, 1.165) is 27.4 Å². The van der Waals surface area contributed by atoms with Gasteiger partial charge in [-0.05, 0) is 11.6 Å². The van der Waals surface area contributed by atoms with Crippen LogP contribution in [-0.4, -0.2) is 10.2 Å². The van der Waals surface area contributed by atoms with Crippen LogP contribution in [0.15, 0.2) is 71.8 Å². The fourth-order valence-corrected chi connectivity index (χ4v) is 3.41. The fourth-order valence-electron chi connectivity index (χ4n) is 2.54. The van der Waals surface area contributed by atoms with Gasteiger partial charge in [0, 0.05) is 16.4 Å². The van der Waals surface area contributed by atoms with Gasteiger partial charge in [0.25, 0.3) is 0 Å². The highest BCUT2D eigenvalue weighted by Gasteiger charge is 2.16. The molecule has 0 fully saturated rings. The molecule has 118 valence electrons. The van der Waals surface area contributed by atoms with Gasteiger partial charge in [-0.3, -0.25) is 0 Å². The number of aromatic nitrogens is 1. The number of nitriles is 1. The second-order valence-electron chi connectivity index (χ2n) is 5.75. The molecule has 1 aromatic heterocycles. The molecule has 3 heteroatoms. The molecule has 0 amide bonds. The summed E-state index contributed by atoms with van der Waals surface area (Å²) in [4.78, 5) is 4.78. The van der Waals surface area contributed by atoms with Crippen molar-refractivity contribution in [3.8, 4) is 28.5 Å². The van der Waals surface area contributed by atoms with Crippen LogP contribution in [0.3, 0.4) is 0 Å². The summed E-state index contributed by atoms with van der Waals surface area (Å²) in [6, 6.07) is 24.5. The SMILES string of the molecule is CC(C)Sc1nc(-c2ccccc2)cc(-c2ccccc2)c1C#N. The molecule has 0 aliphatic heterocycles. The lowest BCUT2D eigenvalue weighted by Crippen LogP contribution is -1.98. The maximum atomic E-state index is 9.73. The first-order valence-corrected chi connectivity index (χ1v) is 8.79. The van der Waals surface area contributed by atoms with Gasteiger partial charge in [-0.1, -0.05) is 74.5 Å². The molecule has 2 nitrogen and oxygen atoms in total. The van der Waals surface area contributed by atoms with Crippen molar-refractivity contribution >= 4 is 11.8 Å². The van der Waals surface area contributed by atoms with Gasteiger partial charge < -0.3 is 0 Å². The molecule has 1 heterocycles. The number of thioether (sulfide) groups is 1. The summed E-state index contributed by atoms with van der Waals surface area (Å²) >= 11 is 1.63. The third-order valence-corrected chi connectivity index (χ3v) is 4.59. The van der Waals surface area contributed by atoms with Crippen LogP contribution in [0.5, 0.6) is 0 Å². The summed E-state index contributed by atoms with van der Waals surface area (Å²) < 4.78 is 0. The van der Waals surface area contributed by atoms with E-state index < -0.39 is 0 Å². The molecule has 0 saturated heterocycles. The number of hydrogen-bond acceptors (Lipinski definition) is 3. The van der Waals surface area contributed by atoms with Crippen molar-refractivity contribution in [1.29, 1.82) is 5.26 Å². The van der Waals surface area contributed by atoms with E-state index in [2.05, 4.69) is 19.9 Å². The summed E-state index contributed by atoms with van der Waals surface area (Å²) in [6.07, 6.45) is 0. The summed E-state index contributed by atoms with van der Waals surface area (Å²) in [6.45, 7) is 4.23. The number of hydrogen-bond donors (Lipinski definition) is 0. The highest BCUT2D eigenvalue weighted by Crippen LogP contribution is 2.35. The van der Waals surface area contributed by atoms with Crippen LogP contribution >= 0.6 is 11.8 Å². The highest BCUT2D eigenvalue weighted by molar-refractivity contribution is 7.99. The van der Waals surface area contributed by atoms with E-state index in [4.69, 9.17) is 4.98 Å². The van der Waals surface area contributed by atoms with Gasteiger partial charge in [0.1, 0.15) is 11.1 Å². The topological polar surface area (TPSA) is 36.7 Å². The molecular weight excluding hydrogens is 312 g/mol. The first kappa shape index (κ1) is 16.3. The average molecular weight is 330 g/mol. The van der Waals surface area contributed by atoms with Gasteiger partial charge in [-0.15, -0.1) is 11.8 Å². The van der Waals surface area contributed by atoms with Crippen LogP contribution in [0.25, 0.3) is 22.4 Å². The van der Waals surface area contributed by atoms with Crippen molar-refractivity contribution in [3.05, 3.63) is 72.3 Å². The van der Waals surface area contributed by atoms with Gasteiger partial charge in [-0.2, -0.15) is 5.26 Å². The minimum atomic E-state index is 0.360. The van der Waals surface area contributed by atoms with E-state index in [9.17, 15) is 5.26 Å². The highest BCUT2D eigenvalue weighted by atomic mass is 32.2. The van der Waals surface area contributed by atoms with Gasteiger partial charge in [0.05, 0.1) is 11.3 Å². The van der Waals surface area contributed by atoms with E-state index in [1.807, 2.05) is 66.7 Å². The Kier molecular flexibility index (Phi) is 4.98. The molecule has 0 spiro atoms. The lowest BCUT2D eigenvalue weighted by Gasteiger charge is -2.13. The fraction of sp³-hybridized carbons (Fsp3) is 0.143. The van der Waals surface area contributed by atoms with Crippen LogP contribution < -0.4 is 0 Å². The molecule has 0 bridgehead atoms. The Balaban J connectivity index is 2.25. The zero-order chi connectivity index (χ0) is 16.9. The second kappa shape index (κ2) is 7.33. The quantitative estimate of drug-likeness (QED) is 0.568. The molecule has 24 heavy (non-hydrogen) atoms. The lowest BCUT2D eigenvalue weighted by molar-refractivity contribution is 1.07. The van der Waals surface area contributed by atoms with Crippen molar-refractivity contribution in [1.82, 2.24) is 4.98 Å².